The molecular weight excluding hydrogens is 198 g/mol. The van der Waals surface area contributed by atoms with Gasteiger partial charge < -0.3 is 25.5 Å². The van der Waals surface area contributed by atoms with Crippen LogP contribution in [0.2, 0.25) is 0 Å². The Balaban J connectivity index is 4.15. The van der Waals surface area contributed by atoms with Crippen molar-refractivity contribution in [2.24, 2.45) is 0 Å². The highest BCUT2D eigenvalue weighted by Crippen LogP contribution is 2.05. The Morgan fingerprint density at radius 3 is 1.86 bits per heavy atom. The molecule has 0 amide bonds. The molecule has 0 aliphatic heterocycles. The van der Waals surface area contributed by atoms with Crippen LogP contribution in [0.25, 0.3) is 0 Å². The Morgan fingerprint density at radius 1 is 1.07 bits per heavy atom. The summed E-state index contributed by atoms with van der Waals surface area (Å²) >= 11 is 0. The molecule has 0 aromatic heterocycles. The van der Waals surface area contributed by atoms with Gasteiger partial charge >= 0.3 is 0 Å². The van der Waals surface area contributed by atoms with Crippen molar-refractivity contribution in [2.45, 2.75) is 24.4 Å². The minimum Gasteiger partial charge on any atom is -0.394 e. The highest BCUT2D eigenvalue weighted by molar-refractivity contribution is 4.79. The summed E-state index contributed by atoms with van der Waals surface area (Å²) in [7, 11) is 0. The number of aliphatic hydroxyl groups is 5. The summed E-state index contributed by atoms with van der Waals surface area (Å²) in [5, 5.41) is 54.2. The van der Waals surface area contributed by atoms with Gasteiger partial charge in [0.2, 0.25) is 6.54 Å². The molecule has 0 bridgehead atoms. The molecule has 0 aromatic rings. The summed E-state index contributed by atoms with van der Waals surface area (Å²) in [6.07, 6.45) is -7.13. The van der Waals surface area contributed by atoms with Crippen LogP contribution in [-0.2, 0) is 0 Å². The third kappa shape index (κ3) is 3.94. The van der Waals surface area contributed by atoms with Crippen LogP contribution < -0.4 is 0 Å². The Morgan fingerprint density at radius 2 is 1.50 bits per heavy atom. The highest BCUT2D eigenvalue weighted by Gasteiger charge is 2.32. The summed E-state index contributed by atoms with van der Waals surface area (Å²) in [6.45, 7) is -1.76. The van der Waals surface area contributed by atoms with Gasteiger partial charge in [0.05, 0.1) is 6.61 Å². The Bertz CT molecular complexity index is 187. The number of nitrogens with zero attached hydrogens (tertiary/aromatic N) is 1. The lowest BCUT2D eigenvalue weighted by molar-refractivity contribution is -0.493. The zero-order chi connectivity index (χ0) is 11.3. The quantitative estimate of drug-likeness (QED) is 0.228. The zero-order valence-corrected chi connectivity index (χ0v) is 7.22. The normalized spacial score (nSPS) is 19.8. The van der Waals surface area contributed by atoms with Crippen LogP contribution in [0.15, 0.2) is 0 Å². The van der Waals surface area contributed by atoms with Crippen molar-refractivity contribution in [3.63, 3.8) is 0 Å². The Labute approximate surface area is 79.2 Å². The molecule has 0 spiro atoms. The summed E-state index contributed by atoms with van der Waals surface area (Å²) in [5.41, 5.74) is 0. The molecular formula is C6H13NO7. The van der Waals surface area contributed by atoms with E-state index >= 15 is 0 Å². The average molecular weight is 211 g/mol. The van der Waals surface area contributed by atoms with Crippen molar-refractivity contribution in [3.05, 3.63) is 10.1 Å². The number of hydrogen-bond donors (Lipinski definition) is 5. The van der Waals surface area contributed by atoms with E-state index in [1.165, 1.54) is 0 Å². The number of hydrogen-bond acceptors (Lipinski definition) is 7. The summed E-state index contributed by atoms with van der Waals surface area (Å²) in [4.78, 5) is 9.05. The van der Waals surface area contributed by atoms with E-state index in [2.05, 4.69) is 0 Å². The van der Waals surface area contributed by atoms with Crippen LogP contribution in [-0.4, -0.2) is 68.0 Å². The van der Waals surface area contributed by atoms with Gasteiger partial charge in [-0.3, -0.25) is 10.1 Å². The lowest BCUT2D eigenvalue weighted by Crippen LogP contribution is -2.47. The molecule has 5 N–H and O–H groups in total. The van der Waals surface area contributed by atoms with Crippen LogP contribution in [0, 0.1) is 10.1 Å². The van der Waals surface area contributed by atoms with Gasteiger partial charge in [0, 0.05) is 4.92 Å². The minimum atomic E-state index is -1.87. The monoisotopic (exact) mass is 211 g/mol. The molecule has 0 heterocycles. The highest BCUT2D eigenvalue weighted by atomic mass is 16.6. The summed E-state index contributed by atoms with van der Waals surface area (Å²) in [5.74, 6) is 0. The fraction of sp³-hybridized carbons (Fsp3) is 1.00. The molecule has 14 heavy (non-hydrogen) atoms. The maximum atomic E-state index is 9.92. The molecule has 8 nitrogen and oxygen atoms in total. The first kappa shape index (κ1) is 13.2. The van der Waals surface area contributed by atoms with E-state index in [0.29, 0.717) is 0 Å². The standard InChI is InChI=1S/C6H13NO7/c8-2-4(10)6(12)5(11)3(9)1-7(13)14/h3-6,8-12H,1-2H2/t3-,4+,5-,6+/m0/s1. The van der Waals surface area contributed by atoms with Crippen molar-refractivity contribution in [1.29, 1.82) is 0 Å². The minimum absolute atomic E-state index is 0.816. The lowest BCUT2D eigenvalue weighted by atomic mass is 10.0. The van der Waals surface area contributed by atoms with Gasteiger partial charge in [-0.25, -0.2) is 0 Å². The van der Waals surface area contributed by atoms with E-state index in [1.54, 1.807) is 0 Å². The largest absolute Gasteiger partial charge is 0.394 e. The second-order valence-electron chi connectivity index (χ2n) is 2.81. The van der Waals surface area contributed by atoms with Gasteiger partial charge in [-0.15, -0.1) is 0 Å². The number of nitro groups is 1. The predicted octanol–water partition coefficient (Wildman–Crippen LogP) is -3.30. The molecule has 0 fully saturated rings. The average Bonchev–Trinajstić information content (AvgIpc) is 2.13. The van der Waals surface area contributed by atoms with Crippen molar-refractivity contribution in [3.8, 4) is 0 Å². The molecule has 0 saturated heterocycles. The number of aliphatic hydroxyl groups excluding tert-OH is 5. The summed E-state index contributed by atoms with van der Waals surface area (Å²) < 4.78 is 0. The van der Waals surface area contributed by atoms with Crippen molar-refractivity contribution < 1.29 is 30.5 Å². The predicted molar refractivity (Wildman–Crippen MR) is 43.0 cm³/mol. The van der Waals surface area contributed by atoms with Gasteiger partial charge in [0.25, 0.3) is 0 Å². The van der Waals surface area contributed by atoms with Crippen LogP contribution in [0.4, 0.5) is 0 Å². The molecule has 0 aliphatic rings. The summed E-state index contributed by atoms with van der Waals surface area (Å²) in [6, 6.07) is 0. The van der Waals surface area contributed by atoms with Gasteiger partial charge in [0.15, 0.2) is 0 Å². The first-order chi connectivity index (χ1) is 6.40. The first-order valence-electron chi connectivity index (χ1n) is 3.85. The fourth-order valence-electron chi connectivity index (χ4n) is 0.824. The molecule has 0 radical (unpaired) electrons. The van der Waals surface area contributed by atoms with E-state index in [1.807, 2.05) is 0 Å². The maximum absolute atomic E-state index is 9.92. The van der Waals surface area contributed by atoms with E-state index < -0.39 is 42.5 Å². The second kappa shape index (κ2) is 5.83. The van der Waals surface area contributed by atoms with Crippen LogP contribution in [0.1, 0.15) is 0 Å². The Hall–Kier alpha value is -0.800. The maximum Gasteiger partial charge on any atom is 0.232 e. The van der Waals surface area contributed by atoms with Crippen molar-refractivity contribution >= 4 is 0 Å². The molecule has 84 valence electrons. The zero-order valence-electron chi connectivity index (χ0n) is 7.22. The third-order valence-corrected chi connectivity index (χ3v) is 1.66. The number of rotatable bonds is 6. The van der Waals surface area contributed by atoms with Crippen molar-refractivity contribution in [1.82, 2.24) is 0 Å². The van der Waals surface area contributed by atoms with Gasteiger partial charge in [-0.2, -0.15) is 0 Å². The topological polar surface area (TPSA) is 144 Å². The second-order valence-corrected chi connectivity index (χ2v) is 2.81. The van der Waals surface area contributed by atoms with Crippen LogP contribution in [0.3, 0.4) is 0 Å². The molecule has 0 unspecified atom stereocenters. The van der Waals surface area contributed by atoms with Crippen LogP contribution in [0.5, 0.6) is 0 Å². The molecule has 8 heteroatoms. The smallest absolute Gasteiger partial charge is 0.232 e. The third-order valence-electron chi connectivity index (χ3n) is 1.66. The van der Waals surface area contributed by atoms with E-state index in [0.717, 1.165) is 0 Å². The van der Waals surface area contributed by atoms with Crippen molar-refractivity contribution in [2.75, 3.05) is 13.2 Å². The molecule has 0 rings (SSSR count). The van der Waals surface area contributed by atoms with Gasteiger partial charge in [-0.05, 0) is 0 Å². The molecule has 4 atom stereocenters. The molecule has 0 aliphatic carbocycles. The SMILES string of the molecule is O=[N+]([O-])C[C@H](O)[C@H](O)[C@H](O)[C@H](O)CO. The molecule has 0 aromatic carbocycles. The Kier molecular flexibility index (Phi) is 5.50. The van der Waals surface area contributed by atoms with E-state index in [4.69, 9.17) is 25.5 Å². The van der Waals surface area contributed by atoms with Gasteiger partial charge in [0.1, 0.15) is 24.4 Å². The van der Waals surface area contributed by atoms with E-state index in [9.17, 15) is 10.1 Å². The molecule has 0 saturated carbocycles. The first-order valence-corrected chi connectivity index (χ1v) is 3.85. The lowest BCUT2D eigenvalue weighted by Gasteiger charge is -2.23. The van der Waals surface area contributed by atoms with E-state index in [-0.39, 0.29) is 0 Å². The fourth-order valence-corrected chi connectivity index (χ4v) is 0.824. The van der Waals surface area contributed by atoms with Gasteiger partial charge in [-0.1, -0.05) is 0 Å². The van der Waals surface area contributed by atoms with Crippen LogP contribution >= 0.6 is 0 Å².